The second-order valence-electron chi connectivity index (χ2n) is 7.49. The summed E-state index contributed by atoms with van der Waals surface area (Å²) >= 11 is 0. The quantitative estimate of drug-likeness (QED) is 0.552. The molecule has 0 amide bonds. The standard InChI is InChI=1S/C22H24N6O2/c23-16-2-1-9-28(13-16)19-7-8-25-11-15(19)10-20(30)21-22(24)26-12-18(27-21)14-3-5-17(29)6-4-14/h3-8,11-12,16,29H,1-2,9-10,13,23H2,(H2,24,26). The Balaban J connectivity index is 1.60. The maximum atomic E-state index is 13.1. The molecule has 1 aliphatic rings. The summed E-state index contributed by atoms with van der Waals surface area (Å²) in [6.07, 6.45) is 7.09. The molecule has 1 saturated heterocycles. The number of piperidine rings is 1. The molecule has 3 heterocycles. The summed E-state index contributed by atoms with van der Waals surface area (Å²) in [6, 6.07) is 8.58. The van der Waals surface area contributed by atoms with E-state index >= 15 is 0 Å². The van der Waals surface area contributed by atoms with Crippen LogP contribution in [0.1, 0.15) is 28.9 Å². The number of nitrogens with two attached hydrogens (primary N) is 2. The number of aromatic nitrogens is 3. The van der Waals surface area contributed by atoms with Crippen LogP contribution in [0.4, 0.5) is 11.5 Å². The number of phenols is 1. The number of benzene rings is 1. The van der Waals surface area contributed by atoms with Crippen molar-refractivity contribution in [2.45, 2.75) is 25.3 Å². The van der Waals surface area contributed by atoms with Crippen LogP contribution in [0.2, 0.25) is 0 Å². The van der Waals surface area contributed by atoms with Crippen molar-refractivity contribution in [1.29, 1.82) is 0 Å². The van der Waals surface area contributed by atoms with Crippen LogP contribution in [-0.2, 0) is 6.42 Å². The number of rotatable bonds is 5. The molecule has 4 rings (SSSR count). The molecule has 1 atom stereocenters. The molecule has 0 radical (unpaired) electrons. The molecule has 8 heteroatoms. The van der Waals surface area contributed by atoms with Gasteiger partial charge in [-0.15, -0.1) is 0 Å². The van der Waals surface area contributed by atoms with Crippen LogP contribution in [0.3, 0.4) is 0 Å². The number of anilines is 2. The molecule has 2 aromatic heterocycles. The molecule has 5 N–H and O–H groups in total. The van der Waals surface area contributed by atoms with Gasteiger partial charge in [-0.05, 0) is 43.2 Å². The Morgan fingerprint density at radius 3 is 2.77 bits per heavy atom. The van der Waals surface area contributed by atoms with Gasteiger partial charge in [0.2, 0.25) is 0 Å². The first-order valence-corrected chi connectivity index (χ1v) is 9.90. The Bertz CT molecular complexity index is 1050. The number of carbonyl (C=O) groups excluding carboxylic acids is 1. The van der Waals surface area contributed by atoms with Crippen molar-refractivity contribution >= 4 is 17.3 Å². The first-order valence-electron chi connectivity index (χ1n) is 9.90. The number of pyridine rings is 1. The molecule has 154 valence electrons. The molecule has 0 bridgehead atoms. The van der Waals surface area contributed by atoms with E-state index in [4.69, 9.17) is 11.5 Å². The Morgan fingerprint density at radius 2 is 2.00 bits per heavy atom. The summed E-state index contributed by atoms with van der Waals surface area (Å²) in [5.41, 5.74) is 15.3. The van der Waals surface area contributed by atoms with Crippen LogP contribution >= 0.6 is 0 Å². The Morgan fingerprint density at radius 1 is 1.20 bits per heavy atom. The highest BCUT2D eigenvalue weighted by Gasteiger charge is 2.22. The fourth-order valence-electron chi connectivity index (χ4n) is 3.72. The van der Waals surface area contributed by atoms with E-state index < -0.39 is 0 Å². The zero-order chi connectivity index (χ0) is 21.1. The molecule has 1 unspecified atom stereocenters. The van der Waals surface area contributed by atoms with Gasteiger partial charge in [0.05, 0.1) is 11.9 Å². The van der Waals surface area contributed by atoms with Gasteiger partial charge < -0.3 is 21.5 Å². The average molecular weight is 404 g/mol. The van der Waals surface area contributed by atoms with E-state index in [1.165, 1.54) is 6.20 Å². The smallest absolute Gasteiger partial charge is 0.189 e. The van der Waals surface area contributed by atoms with Crippen molar-refractivity contribution in [3.8, 4) is 17.0 Å². The van der Waals surface area contributed by atoms with Crippen LogP contribution in [-0.4, -0.2) is 45.0 Å². The lowest BCUT2D eigenvalue weighted by Gasteiger charge is -2.33. The largest absolute Gasteiger partial charge is 0.508 e. The lowest BCUT2D eigenvalue weighted by Crippen LogP contribution is -2.43. The van der Waals surface area contributed by atoms with E-state index in [0.29, 0.717) is 5.69 Å². The molecule has 30 heavy (non-hydrogen) atoms. The molecule has 1 fully saturated rings. The highest BCUT2D eigenvalue weighted by atomic mass is 16.3. The van der Waals surface area contributed by atoms with E-state index in [2.05, 4.69) is 19.9 Å². The lowest BCUT2D eigenvalue weighted by atomic mass is 10.0. The van der Waals surface area contributed by atoms with Crippen molar-refractivity contribution in [2.24, 2.45) is 5.73 Å². The summed E-state index contributed by atoms with van der Waals surface area (Å²) in [5.74, 6) is 0.0177. The number of ketones is 1. The highest BCUT2D eigenvalue weighted by molar-refractivity contribution is 6.00. The maximum Gasteiger partial charge on any atom is 0.189 e. The monoisotopic (exact) mass is 404 g/mol. The number of nitrogen functional groups attached to an aromatic ring is 1. The summed E-state index contributed by atoms with van der Waals surface area (Å²) in [4.78, 5) is 28.1. The molecule has 0 aliphatic carbocycles. The molecule has 1 aliphatic heterocycles. The highest BCUT2D eigenvalue weighted by Crippen LogP contribution is 2.26. The van der Waals surface area contributed by atoms with Crippen molar-refractivity contribution in [2.75, 3.05) is 23.7 Å². The minimum Gasteiger partial charge on any atom is -0.508 e. The topological polar surface area (TPSA) is 131 Å². The molecule has 3 aromatic rings. The normalized spacial score (nSPS) is 16.4. The van der Waals surface area contributed by atoms with Gasteiger partial charge >= 0.3 is 0 Å². The van der Waals surface area contributed by atoms with E-state index in [1.54, 1.807) is 36.7 Å². The first kappa shape index (κ1) is 19.8. The van der Waals surface area contributed by atoms with Gasteiger partial charge in [0, 0.05) is 54.8 Å². The molecule has 0 saturated carbocycles. The summed E-state index contributed by atoms with van der Waals surface area (Å²) in [5, 5.41) is 9.48. The Hall–Kier alpha value is -3.52. The van der Waals surface area contributed by atoms with E-state index in [9.17, 15) is 9.90 Å². The number of aromatic hydroxyl groups is 1. The van der Waals surface area contributed by atoms with E-state index in [0.717, 1.165) is 42.7 Å². The lowest BCUT2D eigenvalue weighted by molar-refractivity contribution is 0.0989. The Kier molecular flexibility index (Phi) is 5.58. The number of nitrogens with zero attached hydrogens (tertiary/aromatic N) is 4. The second kappa shape index (κ2) is 8.46. The van der Waals surface area contributed by atoms with Gasteiger partial charge in [-0.25, -0.2) is 9.97 Å². The van der Waals surface area contributed by atoms with Crippen LogP contribution < -0.4 is 16.4 Å². The third kappa shape index (κ3) is 4.23. The van der Waals surface area contributed by atoms with Crippen LogP contribution in [0.15, 0.2) is 48.9 Å². The van der Waals surface area contributed by atoms with Gasteiger partial charge in [-0.1, -0.05) is 0 Å². The summed E-state index contributed by atoms with van der Waals surface area (Å²) in [6.45, 7) is 1.65. The number of hydrogen-bond acceptors (Lipinski definition) is 8. The van der Waals surface area contributed by atoms with Gasteiger partial charge in [-0.3, -0.25) is 9.78 Å². The Labute approximate surface area is 174 Å². The second-order valence-corrected chi connectivity index (χ2v) is 7.49. The third-order valence-corrected chi connectivity index (χ3v) is 5.26. The van der Waals surface area contributed by atoms with Crippen molar-refractivity contribution in [3.05, 3.63) is 60.2 Å². The van der Waals surface area contributed by atoms with Crippen LogP contribution in [0.25, 0.3) is 11.3 Å². The SMILES string of the molecule is Nc1ncc(-c2ccc(O)cc2)nc1C(=O)Cc1cnccc1N1CCCC(N)C1. The van der Waals surface area contributed by atoms with Gasteiger partial charge in [0.25, 0.3) is 0 Å². The molecule has 0 spiro atoms. The number of Topliss-reactive ketones (excluding diaryl/α,β-unsaturated/α-hetero) is 1. The number of carbonyl (C=O) groups is 1. The van der Waals surface area contributed by atoms with E-state index in [-0.39, 0.29) is 35.5 Å². The van der Waals surface area contributed by atoms with Gasteiger partial charge in [-0.2, -0.15) is 0 Å². The average Bonchev–Trinajstić information content (AvgIpc) is 2.75. The zero-order valence-corrected chi connectivity index (χ0v) is 16.5. The predicted octanol–water partition coefficient (Wildman–Crippen LogP) is 2.18. The maximum absolute atomic E-state index is 13.1. The van der Waals surface area contributed by atoms with Crippen LogP contribution in [0.5, 0.6) is 5.75 Å². The summed E-state index contributed by atoms with van der Waals surface area (Å²) < 4.78 is 0. The molecule has 8 nitrogen and oxygen atoms in total. The molecule has 1 aromatic carbocycles. The van der Waals surface area contributed by atoms with Gasteiger partial charge in [0.15, 0.2) is 11.6 Å². The fourth-order valence-corrected chi connectivity index (χ4v) is 3.72. The van der Waals surface area contributed by atoms with Gasteiger partial charge in [0.1, 0.15) is 11.4 Å². The van der Waals surface area contributed by atoms with Crippen molar-refractivity contribution in [1.82, 2.24) is 15.0 Å². The number of phenolic OH excluding ortho intramolecular Hbond substituents is 1. The molecular formula is C22H24N6O2. The predicted molar refractivity (Wildman–Crippen MR) is 115 cm³/mol. The van der Waals surface area contributed by atoms with Crippen molar-refractivity contribution < 1.29 is 9.90 Å². The summed E-state index contributed by atoms with van der Waals surface area (Å²) in [7, 11) is 0. The minimum absolute atomic E-state index is 0.0907. The van der Waals surface area contributed by atoms with E-state index in [1.807, 2.05) is 6.07 Å². The third-order valence-electron chi connectivity index (χ3n) is 5.26. The number of hydrogen-bond donors (Lipinski definition) is 3. The zero-order valence-electron chi connectivity index (χ0n) is 16.5. The molecular weight excluding hydrogens is 380 g/mol. The first-order chi connectivity index (χ1) is 14.5. The minimum atomic E-state index is -0.226. The van der Waals surface area contributed by atoms with Crippen LogP contribution in [0, 0.1) is 0 Å². The van der Waals surface area contributed by atoms with Crippen molar-refractivity contribution in [3.63, 3.8) is 0 Å². The fraction of sp³-hybridized carbons (Fsp3) is 0.273.